The van der Waals surface area contributed by atoms with E-state index in [1.165, 1.54) is 26.4 Å². The van der Waals surface area contributed by atoms with Gasteiger partial charge >= 0.3 is 23.9 Å². The summed E-state index contributed by atoms with van der Waals surface area (Å²) in [6, 6.07) is 1.54. The Bertz CT molecular complexity index is 1530. The molecule has 15 heteroatoms. The summed E-state index contributed by atoms with van der Waals surface area (Å²) < 4.78 is 28.1. The lowest BCUT2D eigenvalue weighted by Gasteiger charge is -2.59. The summed E-state index contributed by atoms with van der Waals surface area (Å²) in [6.07, 6.45) is -10.0. The van der Waals surface area contributed by atoms with Crippen LogP contribution in [0.2, 0.25) is 0 Å². The SMILES string of the molecule is CC(C)C(O)C(=O)O[C@H]1[C@H](O)[C@H]2C(=C3[C@H](O)[C@H](O)[C@@H](c4ccoc4)[C@@]31C)COC(=O)C[C@@H](OC(=O)C(O)C(C)C)[C@@]2(C)[C@H]1CC(=O)OC[C@@]1(C)O. The second-order valence-electron chi connectivity index (χ2n) is 15.8. The summed E-state index contributed by atoms with van der Waals surface area (Å²) in [4.78, 5) is 53.4. The molecule has 2 aliphatic carbocycles. The zero-order valence-corrected chi connectivity index (χ0v) is 29.8. The molecule has 0 bridgehead atoms. The van der Waals surface area contributed by atoms with Gasteiger partial charge < -0.3 is 54.0 Å². The minimum absolute atomic E-state index is 0.0552. The summed E-state index contributed by atoms with van der Waals surface area (Å²) >= 11 is 0. The minimum Gasteiger partial charge on any atom is -0.472 e. The normalized spacial score (nSPS) is 39.7. The number of esters is 4. The van der Waals surface area contributed by atoms with Crippen molar-refractivity contribution in [2.45, 2.75) is 116 Å². The zero-order valence-electron chi connectivity index (χ0n) is 29.8. The van der Waals surface area contributed by atoms with Gasteiger partial charge in [-0.05, 0) is 41.5 Å². The quantitative estimate of drug-likeness (QED) is 0.122. The van der Waals surface area contributed by atoms with Gasteiger partial charge in [0.15, 0.2) is 12.2 Å². The Balaban J connectivity index is 1.83. The molecule has 3 heterocycles. The lowest BCUT2D eigenvalue weighted by atomic mass is 9.49. The summed E-state index contributed by atoms with van der Waals surface area (Å²) in [5, 5.41) is 69.7. The maximum atomic E-state index is 13.6. The predicted molar refractivity (Wildman–Crippen MR) is 173 cm³/mol. The fraction of sp³-hybridized carbons (Fsp3) is 0.722. The van der Waals surface area contributed by atoms with Crippen LogP contribution in [0.4, 0.5) is 0 Å². The number of ether oxygens (including phenoxy) is 4. The molecule has 0 radical (unpaired) electrons. The van der Waals surface area contributed by atoms with E-state index in [-0.39, 0.29) is 11.1 Å². The van der Waals surface area contributed by atoms with E-state index in [1.54, 1.807) is 40.7 Å². The van der Waals surface area contributed by atoms with E-state index >= 15 is 0 Å². The molecule has 0 spiro atoms. The number of carbonyl (C=O) groups excluding carboxylic acids is 4. The van der Waals surface area contributed by atoms with Crippen LogP contribution in [0.1, 0.15) is 72.8 Å². The first-order valence-corrected chi connectivity index (χ1v) is 17.3. The van der Waals surface area contributed by atoms with E-state index in [4.69, 9.17) is 23.4 Å². The highest BCUT2D eigenvalue weighted by molar-refractivity contribution is 5.77. The number of cyclic esters (lactones) is 2. The average molecular weight is 723 g/mol. The highest BCUT2D eigenvalue weighted by Crippen LogP contribution is 2.65. The fourth-order valence-electron chi connectivity index (χ4n) is 9.07. The van der Waals surface area contributed by atoms with Gasteiger partial charge in [-0.1, -0.05) is 41.5 Å². The van der Waals surface area contributed by atoms with Crippen LogP contribution < -0.4 is 0 Å². The Morgan fingerprint density at radius 2 is 1.45 bits per heavy atom. The molecule has 0 amide bonds. The van der Waals surface area contributed by atoms with Crippen LogP contribution in [-0.4, -0.2) is 116 Å². The summed E-state index contributed by atoms with van der Waals surface area (Å²) in [6.45, 7) is 9.74. The molecule has 1 saturated carbocycles. The topological polar surface area (TPSA) is 240 Å². The number of aliphatic hydroxyl groups excluding tert-OH is 5. The highest BCUT2D eigenvalue weighted by atomic mass is 16.6. The molecule has 13 atom stereocenters. The van der Waals surface area contributed by atoms with E-state index in [1.807, 2.05) is 0 Å². The third-order valence-corrected chi connectivity index (χ3v) is 11.8. The van der Waals surface area contributed by atoms with Crippen molar-refractivity contribution in [1.29, 1.82) is 0 Å². The number of hydrogen-bond donors (Lipinski definition) is 6. The second-order valence-corrected chi connectivity index (χ2v) is 15.8. The first kappa shape index (κ1) is 38.9. The Morgan fingerprint density at radius 1 is 0.863 bits per heavy atom. The van der Waals surface area contributed by atoms with Crippen LogP contribution in [0.5, 0.6) is 0 Å². The Morgan fingerprint density at radius 3 is 2.02 bits per heavy atom. The fourth-order valence-corrected chi connectivity index (χ4v) is 9.07. The van der Waals surface area contributed by atoms with Gasteiger partial charge in [0.25, 0.3) is 0 Å². The van der Waals surface area contributed by atoms with Crippen LogP contribution in [0.3, 0.4) is 0 Å². The van der Waals surface area contributed by atoms with E-state index in [0.717, 1.165) is 0 Å². The van der Waals surface area contributed by atoms with E-state index < -0.39 is 139 Å². The van der Waals surface area contributed by atoms with Crippen molar-refractivity contribution in [3.8, 4) is 0 Å². The number of furan rings is 1. The van der Waals surface area contributed by atoms with Gasteiger partial charge in [0, 0.05) is 28.6 Å². The molecule has 1 aromatic rings. The third kappa shape index (κ3) is 6.39. The molecule has 2 aliphatic heterocycles. The predicted octanol–water partition coefficient (Wildman–Crippen LogP) is 0.517. The summed E-state index contributed by atoms with van der Waals surface area (Å²) in [5.74, 6) is -8.74. The third-order valence-electron chi connectivity index (χ3n) is 11.8. The van der Waals surface area contributed by atoms with Crippen molar-refractivity contribution in [3.05, 3.63) is 35.3 Å². The molecule has 15 nitrogen and oxygen atoms in total. The average Bonchev–Trinajstić information content (AvgIpc) is 3.64. The molecule has 284 valence electrons. The summed E-state index contributed by atoms with van der Waals surface area (Å²) in [5.41, 5.74) is -4.78. The standard InChI is InChI=1S/C36H50O15/c1-15(2)26(39)32(44)50-20-11-22(38)48-13-18-24-29(42)28(41)23(17-8-9-47-12-17)36(24,7)31(51-33(45)27(40)16(3)4)30(43)25(18)35(20,6)19-10-21(37)49-14-34(19,5)46/h8-9,12,15-16,19-20,23,25-31,39-43,46H,10-11,13-14H2,1-7H3/t19-,20+,23+,25+,26?,27?,28+,29-,30+,31-,34+,35+,36-/m0/s1. The lowest BCUT2D eigenvalue weighted by Crippen LogP contribution is -2.66. The first-order valence-electron chi connectivity index (χ1n) is 17.3. The van der Waals surface area contributed by atoms with Gasteiger partial charge in [0.05, 0.1) is 43.2 Å². The van der Waals surface area contributed by atoms with Gasteiger partial charge in [-0.3, -0.25) is 9.59 Å². The maximum absolute atomic E-state index is 13.6. The van der Waals surface area contributed by atoms with Crippen molar-refractivity contribution < 1.29 is 73.2 Å². The summed E-state index contributed by atoms with van der Waals surface area (Å²) in [7, 11) is 0. The van der Waals surface area contributed by atoms with E-state index in [0.29, 0.717) is 5.56 Å². The number of fused-ring (bicyclic) bond motifs is 2. The smallest absolute Gasteiger partial charge is 0.335 e. The van der Waals surface area contributed by atoms with Gasteiger partial charge in [-0.2, -0.15) is 0 Å². The molecule has 2 saturated heterocycles. The van der Waals surface area contributed by atoms with Crippen LogP contribution >= 0.6 is 0 Å². The molecule has 3 fully saturated rings. The van der Waals surface area contributed by atoms with Gasteiger partial charge in [-0.25, -0.2) is 9.59 Å². The molecule has 4 aliphatic rings. The van der Waals surface area contributed by atoms with Crippen molar-refractivity contribution in [2.75, 3.05) is 13.2 Å². The minimum atomic E-state index is -1.85. The molecule has 6 N–H and O–H groups in total. The monoisotopic (exact) mass is 722 g/mol. The van der Waals surface area contributed by atoms with E-state index in [9.17, 15) is 49.8 Å². The van der Waals surface area contributed by atoms with Crippen molar-refractivity contribution in [2.24, 2.45) is 34.5 Å². The van der Waals surface area contributed by atoms with Crippen molar-refractivity contribution >= 4 is 23.9 Å². The number of rotatable bonds is 8. The lowest BCUT2D eigenvalue weighted by molar-refractivity contribution is -0.228. The van der Waals surface area contributed by atoms with Crippen LogP contribution in [0.25, 0.3) is 0 Å². The zero-order chi connectivity index (χ0) is 38.0. The first-order chi connectivity index (χ1) is 23.7. The Hall–Kier alpha value is -3.34. The van der Waals surface area contributed by atoms with Gasteiger partial charge in [0.2, 0.25) is 0 Å². The molecular formula is C36H50O15. The molecular weight excluding hydrogens is 672 g/mol. The molecule has 1 aromatic heterocycles. The maximum Gasteiger partial charge on any atom is 0.335 e. The number of aliphatic hydroxyl groups is 6. The van der Waals surface area contributed by atoms with Crippen LogP contribution in [-0.2, 0) is 38.1 Å². The molecule has 2 unspecified atom stereocenters. The van der Waals surface area contributed by atoms with Crippen molar-refractivity contribution in [1.82, 2.24) is 0 Å². The number of hydrogen-bond acceptors (Lipinski definition) is 15. The van der Waals surface area contributed by atoms with Gasteiger partial charge in [0.1, 0.15) is 31.5 Å². The van der Waals surface area contributed by atoms with Gasteiger partial charge in [-0.15, -0.1) is 0 Å². The second kappa shape index (κ2) is 13.9. The largest absolute Gasteiger partial charge is 0.472 e. The van der Waals surface area contributed by atoms with Crippen molar-refractivity contribution in [3.63, 3.8) is 0 Å². The van der Waals surface area contributed by atoms with Crippen LogP contribution in [0.15, 0.2) is 34.2 Å². The Kier molecular flexibility index (Phi) is 10.6. The van der Waals surface area contributed by atoms with E-state index in [2.05, 4.69) is 0 Å². The number of carbonyl (C=O) groups is 4. The molecule has 5 rings (SSSR count). The Labute approximate surface area is 295 Å². The van der Waals surface area contributed by atoms with Crippen LogP contribution in [0, 0.1) is 34.5 Å². The molecule has 51 heavy (non-hydrogen) atoms. The molecule has 0 aromatic carbocycles. The highest BCUT2D eigenvalue weighted by Gasteiger charge is 2.70.